The van der Waals surface area contributed by atoms with Crippen molar-refractivity contribution in [3.05, 3.63) is 51.1 Å². The Morgan fingerprint density at radius 2 is 2.00 bits per heavy atom. The van der Waals surface area contributed by atoms with Gasteiger partial charge >= 0.3 is 5.97 Å². The molecule has 1 amide bonds. The summed E-state index contributed by atoms with van der Waals surface area (Å²) < 4.78 is 13.9. The average Bonchev–Trinajstić information content (AvgIpc) is 2.81. The van der Waals surface area contributed by atoms with E-state index in [9.17, 15) is 14.0 Å². The molecular weight excluding hydrogens is 337 g/mol. The summed E-state index contributed by atoms with van der Waals surface area (Å²) in [5, 5.41) is 11.6. The molecule has 98 valence electrons. The van der Waals surface area contributed by atoms with E-state index >= 15 is 0 Å². The quantitative estimate of drug-likeness (QED) is 0.894. The zero-order chi connectivity index (χ0) is 14.0. The molecule has 2 aromatic rings. The summed E-state index contributed by atoms with van der Waals surface area (Å²) in [6, 6.07) is 7.21. The molecule has 0 unspecified atom stereocenters. The van der Waals surface area contributed by atoms with Gasteiger partial charge in [0.2, 0.25) is 0 Å². The number of nitrogens with one attached hydrogen (secondary N) is 1. The summed E-state index contributed by atoms with van der Waals surface area (Å²) in [4.78, 5) is 22.7. The number of hydrogen-bond acceptors (Lipinski definition) is 3. The van der Waals surface area contributed by atoms with E-state index in [-0.39, 0.29) is 14.9 Å². The Kier molecular flexibility index (Phi) is 3.96. The van der Waals surface area contributed by atoms with Crippen LogP contribution in [0.1, 0.15) is 20.0 Å². The fourth-order valence-corrected chi connectivity index (χ4v) is 2.48. The van der Waals surface area contributed by atoms with Crippen molar-refractivity contribution in [3.63, 3.8) is 0 Å². The van der Waals surface area contributed by atoms with Crippen LogP contribution in [0.3, 0.4) is 0 Å². The predicted molar refractivity (Wildman–Crippen MR) is 73.3 cm³/mol. The van der Waals surface area contributed by atoms with Crippen LogP contribution in [0.5, 0.6) is 0 Å². The maximum Gasteiger partial charge on any atom is 0.345 e. The number of carbonyl (C=O) groups is 2. The average molecular weight is 344 g/mol. The third-order valence-corrected chi connectivity index (χ3v) is 3.85. The van der Waals surface area contributed by atoms with Crippen molar-refractivity contribution in [1.82, 2.24) is 0 Å². The van der Waals surface area contributed by atoms with Gasteiger partial charge in [0.25, 0.3) is 5.91 Å². The van der Waals surface area contributed by atoms with E-state index in [1.54, 1.807) is 6.07 Å². The van der Waals surface area contributed by atoms with Crippen LogP contribution in [0, 0.1) is 5.82 Å². The lowest BCUT2D eigenvalue weighted by Gasteiger charge is -2.04. The van der Waals surface area contributed by atoms with Gasteiger partial charge in [-0.1, -0.05) is 6.07 Å². The van der Waals surface area contributed by atoms with Gasteiger partial charge in [0, 0.05) is 0 Å². The molecule has 19 heavy (non-hydrogen) atoms. The Hall–Kier alpha value is -1.73. The summed E-state index contributed by atoms with van der Waals surface area (Å²) in [6.07, 6.45) is 0. The minimum absolute atomic E-state index is 0.102. The first-order valence-electron chi connectivity index (χ1n) is 5.07. The summed E-state index contributed by atoms with van der Waals surface area (Å²) in [5.74, 6) is -2.35. The van der Waals surface area contributed by atoms with Crippen LogP contribution >= 0.6 is 27.3 Å². The number of carboxylic acid groups (broad SMARTS) is 1. The van der Waals surface area contributed by atoms with Gasteiger partial charge in [-0.2, -0.15) is 0 Å². The Balaban J connectivity index is 2.21. The van der Waals surface area contributed by atoms with Gasteiger partial charge < -0.3 is 10.4 Å². The van der Waals surface area contributed by atoms with Crippen molar-refractivity contribution in [2.75, 3.05) is 5.32 Å². The molecule has 0 saturated heterocycles. The number of benzene rings is 1. The molecule has 0 bridgehead atoms. The van der Waals surface area contributed by atoms with Crippen molar-refractivity contribution in [2.24, 2.45) is 0 Å². The fourth-order valence-electron chi connectivity index (χ4n) is 1.38. The van der Waals surface area contributed by atoms with Crippen LogP contribution < -0.4 is 5.32 Å². The predicted octanol–water partition coefficient (Wildman–Crippen LogP) is 3.60. The largest absolute Gasteiger partial charge is 0.477 e. The first-order chi connectivity index (χ1) is 8.99. The van der Waals surface area contributed by atoms with Crippen molar-refractivity contribution in [1.29, 1.82) is 0 Å². The zero-order valence-corrected chi connectivity index (χ0v) is 11.7. The molecule has 0 fully saturated rings. The monoisotopic (exact) mass is 343 g/mol. The summed E-state index contributed by atoms with van der Waals surface area (Å²) in [7, 11) is 0. The van der Waals surface area contributed by atoms with Gasteiger partial charge in [-0.3, -0.25) is 4.79 Å². The highest BCUT2D eigenvalue weighted by Crippen LogP contribution is 2.24. The van der Waals surface area contributed by atoms with E-state index < -0.39 is 17.7 Å². The molecule has 0 saturated carbocycles. The Bertz CT molecular complexity index is 656. The lowest BCUT2D eigenvalue weighted by atomic mass is 10.2. The van der Waals surface area contributed by atoms with E-state index in [4.69, 9.17) is 5.11 Å². The van der Waals surface area contributed by atoms with Gasteiger partial charge in [-0.25, -0.2) is 9.18 Å². The van der Waals surface area contributed by atoms with Crippen LogP contribution in [-0.4, -0.2) is 17.0 Å². The third-order valence-electron chi connectivity index (χ3n) is 2.25. The third kappa shape index (κ3) is 2.99. The van der Waals surface area contributed by atoms with Crippen LogP contribution in [0.4, 0.5) is 9.39 Å². The number of thiophene rings is 1. The normalized spacial score (nSPS) is 10.2. The second-order valence-corrected chi connectivity index (χ2v) is 5.46. The highest BCUT2D eigenvalue weighted by molar-refractivity contribution is 9.10. The molecular formula is C12H7BrFNO3S. The van der Waals surface area contributed by atoms with Crippen molar-refractivity contribution in [3.8, 4) is 0 Å². The first kappa shape index (κ1) is 13.7. The van der Waals surface area contributed by atoms with Crippen molar-refractivity contribution in [2.45, 2.75) is 0 Å². The topological polar surface area (TPSA) is 66.4 Å². The zero-order valence-electron chi connectivity index (χ0n) is 9.31. The van der Waals surface area contributed by atoms with Gasteiger partial charge in [0.15, 0.2) is 0 Å². The Morgan fingerprint density at radius 3 is 2.63 bits per heavy atom. The number of anilines is 1. The molecule has 2 rings (SSSR count). The maximum atomic E-state index is 13.7. The van der Waals surface area contributed by atoms with E-state index in [1.165, 1.54) is 24.3 Å². The minimum Gasteiger partial charge on any atom is -0.477 e. The molecule has 1 aromatic carbocycles. The number of halogens is 2. The molecule has 7 heteroatoms. The van der Waals surface area contributed by atoms with Crippen LogP contribution in [0.15, 0.2) is 34.8 Å². The molecule has 0 aliphatic carbocycles. The number of carboxylic acids is 1. The summed E-state index contributed by atoms with van der Waals surface area (Å²) in [5.41, 5.74) is -0.111. The smallest absolute Gasteiger partial charge is 0.345 e. The van der Waals surface area contributed by atoms with Gasteiger partial charge in [0.05, 0.1) is 15.0 Å². The highest BCUT2D eigenvalue weighted by Gasteiger charge is 2.15. The van der Waals surface area contributed by atoms with Gasteiger partial charge in [-0.15, -0.1) is 11.3 Å². The Morgan fingerprint density at radius 1 is 1.26 bits per heavy atom. The molecule has 0 aliphatic heterocycles. The molecule has 0 atom stereocenters. The van der Waals surface area contributed by atoms with Gasteiger partial charge in [0.1, 0.15) is 10.7 Å². The summed E-state index contributed by atoms with van der Waals surface area (Å²) >= 11 is 3.90. The van der Waals surface area contributed by atoms with Crippen LogP contribution in [-0.2, 0) is 0 Å². The number of hydrogen-bond donors (Lipinski definition) is 2. The van der Waals surface area contributed by atoms with Crippen molar-refractivity contribution >= 4 is 44.1 Å². The van der Waals surface area contributed by atoms with E-state index in [1.807, 2.05) is 0 Å². The van der Waals surface area contributed by atoms with Gasteiger partial charge in [-0.05, 0) is 40.2 Å². The van der Waals surface area contributed by atoms with Crippen LogP contribution in [0.2, 0.25) is 0 Å². The van der Waals surface area contributed by atoms with Crippen LogP contribution in [0.25, 0.3) is 0 Å². The standard InChI is InChI=1S/C12H7BrFNO3S/c13-7-3-1-2-6(10(7)14)11(16)15-9-5-4-8(19-9)12(17)18/h1-5H,(H,15,16)(H,17,18). The van der Waals surface area contributed by atoms with E-state index in [0.29, 0.717) is 5.00 Å². The number of aromatic carboxylic acids is 1. The number of carbonyl (C=O) groups excluding carboxylic acids is 1. The first-order valence-corrected chi connectivity index (χ1v) is 6.68. The number of rotatable bonds is 3. The highest BCUT2D eigenvalue weighted by atomic mass is 79.9. The minimum atomic E-state index is -1.07. The molecule has 0 aliphatic rings. The molecule has 0 radical (unpaired) electrons. The Labute approximate surface area is 120 Å². The lowest BCUT2D eigenvalue weighted by Crippen LogP contribution is -2.13. The van der Waals surface area contributed by atoms with E-state index in [0.717, 1.165) is 11.3 Å². The molecule has 0 spiro atoms. The lowest BCUT2D eigenvalue weighted by molar-refractivity contribution is 0.0702. The maximum absolute atomic E-state index is 13.7. The van der Waals surface area contributed by atoms with Crippen molar-refractivity contribution < 1.29 is 19.1 Å². The second-order valence-electron chi connectivity index (χ2n) is 3.52. The molecule has 1 aromatic heterocycles. The molecule has 4 nitrogen and oxygen atoms in total. The molecule has 2 N–H and O–H groups in total. The second kappa shape index (κ2) is 5.50. The van der Waals surface area contributed by atoms with E-state index in [2.05, 4.69) is 21.2 Å². The number of amides is 1. The molecule has 1 heterocycles. The SMILES string of the molecule is O=C(O)c1ccc(NC(=O)c2cccc(Br)c2F)s1. The fraction of sp³-hybridized carbons (Fsp3) is 0. The summed E-state index contributed by atoms with van der Waals surface area (Å²) in [6.45, 7) is 0.